The van der Waals surface area contributed by atoms with Gasteiger partial charge in [-0.3, -0.25) is 4.79 Å². The second-order valence-electron chi connectivity index (χ2n) is 4.87. The zero-order valence-electron chi connectivity index (χ0n) is 13.2. The number of methoxy groups -OCH3 is 1. The molecule has 0 unspecified atom stereocenters. The summed E-state index contributed by atoms with van der Waals surface area (Å²) in [6.07, 6.45) is 0. The smallest absolute Gasteiger partial charge is 0.263 e. The Hall–Kier alpha value is -2.67. The Bertz CT molecular complexity index is 614. The van der Waals surface area contributed by atoms with Gasteiger partial charge < -0.3 is 20.1 Å². The molecule has 0 spiro atoms. The van der Waals surface area contributed by atoms with Crippen molar-refractivity contribution in [3.63, 3.8) is 0 Å². The highest BCUT2D eigenvalue weighted by atomic mass is 16.5. The van der Waals surface area contributed by atoms with E-state index in [0.717, 1.165) is 5.56 Å². The molecule has 0 fully saturated rings. The average molecular weight is 316 g/mol. The van der Waals surface area contributed by atoms with Crippen LogP contribution in [0.3, 0.4) is 0 Å². The van der Waals surface area contributed by atoms with E-state index < -0.39 is 0 Å². The minimum atomic E-state index is -0.292. The van der Waals surface area contributed by atoms with Crippen LogP contribution in [0, 0.1) is 6.92 Å². The lowest BCUT2D eigenvalue weighted by atomic mass is 10.2. The molecule has 2 rings (SSSR count). The van der Waals surface area contributed by atoms with Gasteiger partial charge in [0.1, 0.15) is 11.6 Å². The maximum atomic E-state index is 11.8. The van der Waals surface area contributed by atoms with Gasteiger partial charge in [0.25, 0.3) is 5.91 Å². The van der Waals surface area contributed by atoms with Crippen molar-refractivity contribution >= 4 is 17.5 Å². The predicted octanol–water partition coefficient (Wildman–Crippen LogP) is 1.86. The molecule has 2 N–H and O–H groups in total. The van der Waals surface area contributed by atoms with Crippen molar-refractivity contribution in [3.8, 4) is 5.75 Å². The summed E-state index contributed by atoms with van der Waals surface area (Å²) in [5, 5.41) is 13.6. The Balaban J connectivity index is 1.77. The number of nitrogens with zero attached hydrogens (tertiary/aromatic N) is 2. The van der Waals surface area contributed by atoms with E-state index in [-0.39, 0.29) is 12.5 Å². The van der Waals surface area contributed by atoms with Crippen LogP contribution >= 0.6 is 0 Å². The molecule has 1 aromatic carbocycles. The van der Waals surface area contributed by atoms with Gasteiger partial charge in [0.2, 0.25) is 0 Å². The molecular formula is C16H20N4O3. The van der Waals surface area contributed by atoms with Gasteiger partial charge >= 0.3 is 0 Å². The summed E-state index contributed by atoms with van der Waals surface area (Å²) in [6, 6.07) is 10.9. The van der Waals surface area contributed by atoms with E-state index in [0.29, 0.717) is 30.5 Å². The fraction of sp³-hybridized carbons (Fsp3) is 0.312. The molecular weight excluding hydrogens is 296 g/mol. The number of amides is 1. The van der Waals surface area contributed by atoms with Gasteiger partial charge in [-0.05, 0) is 31.2 Å². The zero-order chi connectivity index (χ0) is 16.5. The topological polar surface area (TPSA) is 85.4 Å². The van der Waals surface area contributed by atoms with Crippen molar-refractivity contribution in [2.24, 2.45) is 0 Å². The number of hydrogen-bond donors (Lipinski definition) is 2. The maximum Gasteiger partial charge on any atom is 0.263 e. The molecule has 23 heavy (non-hydrogen) atoms. The van der Waals surface area contributed by atoms with Crippen molar-refractivity contribution in [2.45, 2.75) is 6.92 Å². The van der Waals surface area contributed by atoms with E-state index >= 15 is 0 Å². The van der Waals surface area contributed by atoms with Gasteiger partial charge in [-0.15, -0.1) is 10.2 Å². The summed E-state index contributed by atoms with van der Waals surface area (Å²) in [6.45, 7) is 3.12. The molecule has 1 amide bonds. The number of hydrogen-bond acceptors (Lipinski definition) is 6. The number of benzene rings is 1. The Morgan fingerprint density at radius 2 is 1.78 bits per heavy atom. The second kappa shape index (κ2) is 8.70. The van der Waals surface area contributed by atoms with Gasteiger partial charge in [-0.2, -0.15) is 0 Å². The highest BCUT2D eigenvalue weighted by molar-refractivity contribution is 5.90. The van der Waals surface area contributed by atoms with Crippen molar-refractivity contribution in [1.29, 1.82) is 0 Å². The molecule has 1 heterocycles. The van der Waals surface area contributed by atoms with Crippen LogP contribution in [0.2, 0.25) is 0 Å². The van der Waals surface area contributed by atoms with Crippen LogP contribution in [0.1, 0.15) is 5.56 Å². The second-order valence-corrected chi connectivity index (χ2v) is 4.87. The highest BCUT2D eigenvalue weighted by Crippen LogP contribution is 2.11. The van der Waals surface area contributed by atoms with Crippen LogP contribution in [0.5, 0.6) is 5.75 Å². The molecule has 7 heteroatoms. The Labute approximate surface area is 135 Å². The average Bonchev–Trinajstić information content (AvgIpc) is 2.56. The standard InChI is InChI=1S/C16H20N4O3/c1-12-3-5-13(6-4-12)23-11-16(21)18-15-8-7-14(19-20-15)17-9-10-22-2/h3-8H,9-11H2,1-2H3,(H,17,19)(H,18,20,21). The Kier molecular flexibility index (Phi) is 6.31. The minimum Gasteiger partial charge on any atom is -0.484 e. The minimum absolute atomic E-state index is 0.0847. The molecule has 0 bridgehead atoms. The Morgan fingerprint density at radius 1 is 1.09 bits per heavy atom. The van der Waals surface area contributed by atoms with Crippen molar-refractivity contribution in [3.05, 3.63) is 42.0 Å². The molecule has 1 aromatic heterocycles. The van der Waals surface area contributed by atoms with Gasteiger partial charge in [0.05, 0.1) is 6.61 Å². The third kappa shape index (κ3) is 5.91. The fourth-order valence-corrected chi connectivity index (χ4v) is 1.74. The summed E-state index contributed by atoms with van der Waals surface area (Å²) in [5.41, 5.74) is 1.14. The van der Waals surface area contributed by atoms with E-state index in [4.69, 9.17) is 9.47 Å². The van der Waals surface area contributed by atoms with E-state index in [1.807, 2.05) is 31.2 Å². The number of rotatable bonds is 8. The first-order valence-electron chi connectivity index (χ1n) is 7.23. The lowest BCUT2D eigenvalue weighted by Gasteiger charge is -2.08. The number of aryl methyl sites for hydroxylation is 1. The van der Waals surface area contributed by atoms with E-state index in [1.54, 1.807) is 19.2 Å². The van der Waals surface area contributed by atoms with Crippen molar-refractivity contribution in [2.75, 3.05) is 37.5 Å². The van der Waals surface area contributed by atoms with E-state index in [9.17, 15) is 4.79 Å². The van der Waals surface area contributed by atoms with Gasteiger partial charge in [0.15, 0.2) is 12.4 Å². The normalized spacial score (nSPS) is 10.2. The SMILES string of the molecule is COCCNc1ccc(NC(=O)COc2ccc(C)cc2)nn1. The molecule has 0 radical (unpaired) electrons. The third-order valence-electron chi connectivity index (χ3n) is 2.94. The highest BCUT2D eigenvalue weighted by Gasteiger charge is 2.05. The number of nitrogens with one attached hydrogen (secondary N) is 2. The molecule has 0 aliphatic heterocycles. The van der Waals surface area contributed by atoms with Crippen LogP contribution in [0.25, 0.3) is 0 Å². The first-order valence-corrected chi connectivity index (χ1v) is 7.23. The first kappa shape index (κ1) is 16.7. The molecule has 7 nitrogen and oxygen atoms in total. The van der Waals surface area contributed by atoms with Crippen LogP contribution in [0.15, 0.2) is 36.4 Å². The molecule has 0 aliphatic carbocycles. The number of aromatic nitrogens is 2. The van der Waals surface area contributed by atoms with E-state index in [1.165, 1.54) is 0 Å². The summed E-state index contributed by atoms with van der Waals surface area (Å²) in [4.78, 5) is 11.8. The first-order chi connectivity index (χ1) is 11.2. The van der Waals surface area contributed by atoms with Crippen LogP contribution in [-0.2, 0) is 9.53 Å². The zero-order valence-corrected chi connectivity index (χ0v) is 13.2. The van der Waals surface area contributed by atoms with Crippen LogP contribution < -0.4 is 15.4 Å². The summed E-state index contributed by atoms with van der Waals surface area (Å²) in [5.74, 6) is 1.35. The lowest BCUT2D eigenvalue weighted by Crippen LogP contribution is -2.21. The van der Waals surface area contributed by atoms with Gasteiger partial charge in [0, 0.05) is 13.7 Å². The Morgan fingerprint density at radius 3 is 2.43 bits per heavy atom. The summed E-state index contributed by atoms with van der Waals surface area (Å²) >= 11 is 0. The van der Waals surface area contributed by atoms with E-state index in [2.05, 4.69) is 20.8 Å². The predicted molar refractivity (Wildman–Crippen MR) is 87.7 cm³/mol. The third-order valence-corrected chi connectivity index (χ3v) is 2.94. The molecule has 2 aromatic rings. The number of ether oxygens (including phenoxy) is 2. The van der Waals surface area contributed by atoms with Gasteiger partial charge in [-0.1, -0.05) is 17.7 Å². The number of carbonyl (C=O) groups is 1. The largest absolute Gasteiger partial charge is 0.484 e. The molecule has 0 aliphatic rings. The maximum absolute atomic E-state index is 11.8. The lowest BCUT2D eigenvalue weighted by molar-refractivity contribution is -0.118. The van der Waals surface area contributed by atoms with Crippen molar-refractivity contribution in [1.82, 2.24) is 10.2 Å². The monoisotopic (exact) mass is 316 g/mol. The summed E-state index contributed by atoms with van der Waals surface area (Å²) in [7, 11) is 1.63. The number of anilines is 2. The summed E-state index contributed by atoms with van der Waals surface area (Å²) < 4.78 is 10.3. The van der Waals surface area contributed by atoms with Crippen molar-refractivity contribution < 1.29 is 14.3 Å². The van der Waals surface area contributed by atoms with Crippen LogP contribution in [0.4, 0.5) is 11.6 Å². The van der Waals surface area contributed by atoms with Crippen LogP contribution in [-0.4, -0.2) is 43.0 Å². The van der Waals surface area contributed by atoms with Gasteiger partial charge in [-0.25, -0.2) is 0 Å². The molecule has 0 saturated heterocycles. The molecule has 0 saturated carbocycles. The number of carbonyl (C=O) groups excluding carboxylic acids is 1. The quantitative estimate of drug-likeness (QED) is 0.723. The molecule has 122 valence electrons. The molecule has 0 atom stereocenters. The fourth-order valence-electron chi connectivity index (χ4n) is 1.74.